The molecule has 3 aromatic rings. The third-order valence-electron chi connectivity index (χ3n) is 5.50. The highest BCUT2D eigenvalue weighted by molar-refractivity contribution is 7.92. The van der Waals surface area contributed by atoms with Crippen LogP contribution < -0.4 is 4.72 Å². The summed E-state index contributed by atoms with van der Waals surface area (Å²) in [6.07, 6.45) is 1.90. The molecule has 0 fully saturated rings. The fourth-order valence-corrected chi connectivity index (χ4v) is 4.73. The largest absolute Gasteiger partial charge is 0.306 e. The van der Waals surface area contributed by atoms with E-state index in [1.807, 2.05) is 30.3 Å². The molecule has 3 aromatic carbocycles. The summed E-state index contributed by atoms with van der Waals surface area (Å²) in [4.78, 5) is 2.51. The smallest absolute Gasteiger partial charge is 0.261 e. The number of hydrogen-bond donors (Lipinski definition) is 1. The zero-order valence-electron chi connectivity index (χ0n) is 16.8. The minimum atomic E-state index is -3.67. The number of fused-ring (bicyclic) bond motifs is 1. The topological polar surface area (TPSA) is 73.2 Å². The normalized spacial score (nSPS) is 14.4. The molecule has 1 N–H and O–H groups in total. The van der Waals surface area contributed by atoms with E-state index in [1.165, 1.54) is 11.1 Å². The van der Waals surface area contributed by atoms with Crippen molar-refractivity contribution in [3.63, 3.8) is 0 Å². The lowest BCUT2D eigenvalue weighted by atomic mass is 10.0. The first-order valence-electron chi connectivity index (χ1n) is 9.88. The maximum atomic E-state index is 12.9. The van der Waals surface area contributed by atoms with Crippen LogP contribution in [0, 0.1) is 11.3 Å². The molecule has 0 aliphatic carbocycles. The van der Waals surface area contributed by atoms with Crippen molar-refractivity contribution >= 4 is 15.7 Å². The second-order valence-corrected chi connectivity index (χ2v) is 9.29. The SMILES string of the molecule is CN1CCc2ccc(NS(=O)(=O)c3ccc(-c4ccc(C#N)cc4)cc3)cc2CC1. The number of hydrogen-bond acceptors (Lipinski definition) is 4. The lowest BCUT2D eigenvalue weighted by Gasteiger charge is -2.12. The summed E-state index contributed by atoms with van der Waals surface area (Å²) in [5, 5.41) is 8.91. The quantitative estimate of drug-likeness (QED) is 0.695. The highest BCUT2D eigenvalue weighted by atomic mass is 32.2. The van der Waals surface area contributed by atoms with Gasteiger partial charge in [0.2, 0.25) is 0 Å². The molecule has 30 heavy (non-hydrogen) atoms. The number of benzene rings is 3. The number of sulfonamides is 1. The molecule has 6 heteroatoms. The summed E-state index contributed by atoms with van der Waals surface area (Å²) in [7, 11) is -1.56. The Balaban J connectivity index is 1.53. The van der Waals surface area contributed by atoms with Gasteiger partial charge in [-0.25, -0.2) is 8.42 Å². The van der Waals surface area contributed by atoms with Crippen molar-refractivity contribution in [2.45, 2.75) is 17.7 Å². The third-order valence-corrected chi connectivity index (χ3v) is 6.89. The summed E-state index contributed by atoms with van der Waals surface area (Å²) in [6.45, 7) is 1.99. The van der Waals surface area contributed by atoms with E-state index in [2.05, 4.69) is 22.7 Å². The first-order chi connectivity index (χ1) is 14.4. The monoisotopic (exact) mass is 417 g/mol. The van der Waals surface area contributed by atoms with Gasteiger partial charge in [-0.05, 0) is 78.5 Å². The first kappa shape index (κ1) is 20.1. The number of nitrogens with zero attached hydrogens (tertiary/aromatic N) is 2. The van der Waals surface area contributed by atoms with Gasteiger partial charge in [0.1, 0.15) is 0 Å². The van der Waals surface area contributed by atoms with Crippen molar-refractivity contribution in [2.75, 3.05) is 24.9 Å². The van der Waals surface area contributed by atoms with Gasteiger partial charge in [0.25, 0.3) is 10.0 Å². The molecule has 0 saturated heterocycles. The Morgan fingerprint density at radius 1 is 0.867 bits per heavy atom. The van der Waals surface area contributed by atoms with E-state index in [-0.39, 0.29) is 4.90 Å². The molecule has 0 radical (unpaired) electrons. The van der Waals surface area contributed by atoms with Crippen LogP contribution in [-0.4, -0.2) is 33.5 Å². The standard InChI is InChI=1S/C24H23N3O2S/c1-27-14-12-21-6-9-23(16-22(21)13-15-27)26-30(28,29)24-10-7-20(8-11-24)19-4-2-18(17-25)3-5-19/h2-11,16,26H,12-15H2,1H3. The maximum Gasteiger partial charge on any atom is 0.261 e. The van der Waals surface area contributed by atoms with Gasteiger partial charge in [0, 0.05) is 18.8 Å². The Morgan fingerprint density at radius 2 is 1.47 bits per heavy atom. The molecule has 0 aromatic heterocycles. The fraction of sp³-hybridized carbons (Fsp3) is 0.208. The van der Waals surface area contributed by atoms with E-state index in [0.29, 0.717) is 11.3 Å². The van der Waals surface area contributed by atoms with Crippen molar-refractivity contribution in [1.82, 2.24) is 4.90 Å². The summed E-state index contributed by atoms with van der Waals surface area (Å²) < 4.78 is 28.4. The molecule has 1 aliphatic rings. The Hall–Kier alpha value is -3.14. The maximum absolute atomic E-state index is 12.9. The lowest BCUT2D eigenvalue weighted by molar-refractivity contribution is 0.352. The lowest BCUT2D eigenvalue weighted by Crippen LogP contribution is -2.20. The highest BCUT2D eigenvalue weighted by Gasteiger charge is 2.17. The van der Waals surface area contributed by atoms with E-state index < -0.39 is 10.0 Å². The van der Waals surface area contributed by atoms with E-state index in [9.17, 15) is 8.42 Å². The predicted molar refractivity (Wildman–Crippen MR) is 119 cm³/mol. The molecule has 1 aliphatic heterocycles. The molecular formula is C24H23N3O2S. The number of nitriles is 1. The Bertz CT molecular complexity index is 1190. The average molecular weight is 418 g/mol. The highest BCUT2D eigenvalue weighted by Crippen LogP contribution is 2.25. The summed E-state index contributed by atoms with van der Waals surface area (Å²) in [5.41, 5.74) is 5.50. The van der Waals surface area contributed by atoms with Gasteiger partial charge in [-0.1, -0.05) is 30.3 Å². The van der Waals surface area contributed by atoms with Gasteiger partial charge in [-0.3, -0.25) is 4.72 Å². The van der Waals surface area contributed by atoms with Crippen LogP contribution in [0.1, 0.15) is 16.7 Å². The summed E-state index contributed by atoms with van der Waals surface area (Å²) in [6, 6.07) is 21.9. The van der Waals surface area contributed by atoms with Crippen LogP contribution in [0.4, 0.5) is 5.69 Å². The molecular weight excluding hydrogens is 394 g/mol. The second kappa shape index (κ2) is 8.31. The van der Waals surface area contributed by atoms with Crippen LogP contribution in [0.5, 0.6) is 0 Å². The molecule has 152 valence electrons. The van der Waals surface area contributed by atoms with Crippen LogP contribution in [0.25, 0.3) is 11.1 Å². The number of anilines is 1. The van der Waals surface area contributed by atoms with Gasteiger partial charge >= 0.3 is 0 Å². The minimum absolute atomic E-state index is 0.217. The fourth-order valence-electron chi connectivity index (χ4n) is 3.68. The molecule has 1 heterocycles. The van der Waals surface area contributed by atoms with Crippen LogP contribution in [0.15, 0.2) is 71.6 Å². The van der Waals surface area contributed by atoms with Gasteiger partial charge in [-0.2, -0.15) is 5.26 Å². The molecule has 0 saturated carbocycles. The molecule has 0 atom stereocenters. The third kappa shape index (κ3) is 4.38. The molecule has 4 rings (SSSR count). The summed E-state index contributed by atoms with van der Waals surface area (Å²) >= 11 is 0. The van der Waals surface area contributed by atoms with Crippen LogP contribution in [-0.2, 0) is 22.9 Å². The second-order valence-electron chi connectivity index (χ2n) is 7.61. The van der Waals surface area contributed by atoms with Crippen LogP contribution >= 0.6 is 0 Å². The number of likely N-dealkylation sites (N-methyl/N-ethyl adjacent to an activating group) is 1. The van der Waals surface area contributed by atoms with Crippen LogP contribution in [0.2, 0.25) is 0 Å². The van der Waals surface area contributed by atoms with E-state index in [0.717, 1.165) is 37.1 Å². The molecule has 0 bridgehead atoms. The van der Waals surface area contributed by atoms with Crippen molar-refractivity contribution < 1.29 is 8.42 Å². The van der Waals surface area contributed by atoms with Gasteiger partial charge in [-0.15, -0.1) is 0 Å². The Kier molecular flexibility index (Phi) is 5.58. The van der Waals surface area contributed by atoms with Crippen LogP contribution in [0.3, 0.4) is 0 Å². The Labute approximate surface area is 177 Å². The predicted octanol–water partition coefficient (Wildman–Crippen LogP) is 4.06. The van der Waals surface area contributed by atoms with E-state index >= 15 is 0 Å². The zero-order valence-corrected chi connectivity index (χ0v) is 17.6. The van der Waals surface area contributed by atoms with Crippen molar-refractivity contribution in [3.05, 3.63) is 83.4 Å². The van der Waals surface area contributed by atoms with Crippen molar-refractivity contribution in [1.29, 1.82) is 5.26 Å². The molecule has 0 amide bonds. The molecule has 0 unspecified atom stereocenters. The average Bonchev–Trinajstić information content (AvgIpc) is 2.95. The zero-order chi connectivity index (χ0) is 21.1. The van der Waals surface area contributed by atoms with Gasteiger partial charge < -0.3 is 4.90 Å². The summed E-state index contributed by atoms with van der Waals surface area (Å²) in [5.74, 6) is 0. The van der Waals surface area contributed by atoms with E-state index in [1.54, 1.807) is 36.4 Å². The molecule has 0 spiro atoms. The van der Waals surface area contributed by atoms with Gasteiger partial charge in [0.15, 0.2) is 0 Å². The van der Waals surface area contributed by atoms with Crippen molar-refractivity contribution in [3.8, 4) is 17.2 Å². The molecule has 5 nitrogen and oxygen atoms in total. The minimum Gasteiger partial charge on any atom is -0.306 e. The number of rotatable bonds is 4. The van der Waals surface area contributed by atoms with E-state index in [4.69, 9.17) is 5.26 Å². The first-order valence-corrected chi connectivity index (χ1v) is 11.4. The van der Waals surface area contributed by atoms with Gasteiger partial charge in [0.05, 0.1) is 16.5 Å². The van der Waals surface area contributed by atoms with Crippen molar-refractivity contribution in [2.24, 2.45) is 0 Å². The Morgan fingerprint density at radius 3 is 2.10 bits per heavy atom. The number of nitrogens with one attached hydrogen (secondary N) is 1.